The van der Waals surface area contributed by atoms with Gasteiger partial charge in [-0.2, -0.15) is 10.4 Å². The van der Waals surface area contributed by atoms with Crippen molar-refractivity contribution in [3.8, 4) is 17.7 Å². The predicted octanol–water partition coefficient (Wildman–Crippen LogP) is 3.93. The van der Waals surface area contributed by atoms with Gasteiger partial charge in [0.2, 0.25) is 5.88 Å². The number of methoxy groups -OCH3 is 1. The molecule has 2 N–H and O–H groups in total. The third kappa shape index (κ3) is 5.99. The van der Waals surface area contributed by atoms with Crippen molar-refractivity contribution < 1.29 is 19.4 Å². The highest BCUT2D eigenvalue weighted by atomic mass is 79.9. The molecule has 0 radical (unpaired) electrons. The van der Waals surface area contributed by atoms with Crippen molar-refractivity contribution in [3.05, 3.63) is 47.9 Å². The summed E-state index contributed by atoms with van der Waals surface area (Å²) in [5, 5.41) is 23.0. The van der Waals surface area contributed by atoms with E-state index < -0.39 is 5.91 Å². The minimum Gasteiger partial charge on any atom is -0.506 e. The highest BCUT2D eigenvalue weighted by Gasteiger charge is 2.18. The van der Waals surface area contributed by atoms with E-state index in [1.54, 1.807) is 19.1 Å². The van der Waals surface area contributed by atoms with Gasteiger partial charge in [0.15, 0.2) is 6.61 Å². The first kappa shape index (κ1) is 23.3. The van der Waals surface area contributed by atoms with Gasteiger partial charge >= 0.3 is 0 Å². The number of nitriles is 1. The smallest absolute Gasteiger partial charge is 0.278 e. The maximum absolute atomic E-state index is 12.0. The molecule has 0 aliphatic rings. The maximum Gasteiger partial charge on any atom is 0.278 e. The molecule has 1 heterocycles. The summed E-state index contributed by atoms with van der Waals surface area (Å²) in [5.41, 5.74) is 4.36. The van der Waals surface area contributed by atoms with E-state index in [4.69, 9.17) is 9.47 Å². The molecule has 0 aliphatic heterocycles. The molecular weight excluding hydrogens is 576 g/mol. The standard InChI is InChI=1S/C18H15Br3N4O4/c1-9-16(21)12(7-28-2)11(5-22)18(24-9)29-8-15(26)25-23-6-10-3-13(19)17(27)14(20)4-10/h3-4,6,27H,7-8H2,1-2H3,(H,25,26). The maximum atomic E-state index is 12.0. The molecule has 11 heteroatoms. The summed E-state index contributed by atoms with van der Waals surface area (Å²) >= 11 is 9.82. The monoisotopic (exact) mass is 588 g/mol. The number of nitrogens with one attached hydrogen (secondary N) is 1. The molecule has 1 aromatic heterocycles. The quantitative estimate of drug-likeness (QED) is 0.373. The number of benzene rings is 1. The van der Waals surface area contributed by atoms with E-state index in [1.807, 2.05) is 6.07 Å². The van der Waals surface area contributed by atoms with Crippen molar-refractivity contribution in [2.45, 2.75) is 13.5 Å². The number of carbonyl (C=O) groups is 1. The molecule has 0 atom stereocenters. The zero-order valence-electron chi connectivity index (χ0n) is 15.3. The third-order valence-corrected chi connectivity index (χ3v) is 5.81. The number of aromatic nitrogens is 1. The molecule has 0 saturated carbocycles. The van der Waals surface area contributed by atoms with Crippen LogP contribution in [0.2, 0.25) is 0 Å². The van der Waals surface area contributed by atoms with Crippen LogP contribution < -0.4 is 10.2 Å². The lowest BCUT2D eigenvalue weighted by molar-refractivity contribution is -0.123. The molecule has 0 unspecified atom stereocenters. The van der Waals surface area contributed by atoms with Gasteiger partial charge in [0.1, 0.15) is 17.4 Å². The van der Waals surface area contributed by atoms with E-state index in [0.717, 1.165) is 0 Å². The van der Waals surface area contributed by atoms with Crippen LogP contribution in [0.25, 0.3) is 0 Å². The highest BCUT2D eigenvalue weighted by molar-refractivity contribution is 9.11. The Balaban J connectivity index is 2.05. The van der Waals surface area contributed by atoms with Crippen LogP contribution in [-0.2, 0) is 16.1 Å². The Bertz CT molecular complexity index is 983. The number of hydrazone groups is 1. The number of hydrogen-bond acceptors (Lipinski definition) is 7. The Hall–Kier alpha value is -2.00. The van der Waals surface area contributed by atoms with Gasteiger partial charge in [-0.15, -0.1) is 0 Å². The van der Waals surface area contributed by atoms with Gasteiger partial charge < -0.3 is 14.6 Å². The van der Waals surface area contributed by atoms with Gasteiger partial charge in [-0.1, -0.05) is 0 Å². The van der Waals surface area contributed by atoms with Crippen LogP contribution in [0.15, 0.2) is 30.7 Å². The van der Waals surface area contributed by atoms with E-state index in [0.29, 0.717) is 30.2 Å². The van der Waals surface area contributed by atoms with Crippen LogP contribution in [0.1, 0.15) is 22.4 Å². The number of carbonyl (C=O) groups excluding carboxylic acids is 1. The number of aryl methyl sites for hydroxylation is 1. The fraction of sp³-hybridized carbons (Fsp3) is 0.222. The molecule has 2 rings (SSSR count). The summed E-state index contributed by atoms with van der Waals surface area (Å²) in [6.45, 7) is 1.56. The summed E-state index contributed by atoms with van der Waals surface area (Å²) in [6.07, 6.45) is 1.41. The molecule has 1 amide bonds. The number of pyridine rings is 1. The number of amides is 1. The van der Waals surface area contributed by atoms with Crippen molar-refractivity contribution in [1.29, 1.82) is 5.26 Å². The summed E-state index contributed by atoms with van der Waals surface area (Å²) in [4.78, 5) is 16.2. The Morgan fingerprint density at radius 1 is 1.38 bits per heavy atom. The zero-order chi connectivity index (χ0) is 21.6. The average Bonchev–Trinajstić information content (AvgIpc) is 2.68. The second-order valence-electron chi connectivity index (χ2n) is 5.63. The largest absolute Gasteiger partial charge is 0.506 e. The van der Waals surface area contributed by atoms with Crippen LogP contribution >= 0.6 is 47.8 Å². The predicted molar refractivity (Wildman–Crippen MR) is 117 cm³/mol. The SMILES string of the molecule is COCc1c(Br)c(C)nc(OCC(=O)NN=Cc2cc(Br)c(O)c(Br)c2)c1C#N. The second-order valence-corrected chi connectivity index (χ2v) is 8.13. The number of phenols is 1. The lowest BCUT2D eigenvalue weighted by atomic mass is 10.1. The van der Waals surface area contributed by atoms with Gasteiger partial charge in [0, 0.05) is 17.1 Å². The molecule has 8 nitrogen and oxygen atoms in total. The summed E-state index contributed by atoms with van der Waals surface area (Å²) in [5.74, 6) is -0.415. The Morgan fingerprint density at radius 3 is 2.62 bits per heavy atom. The summed E-state index contributed by atoms with van der Waals surface area (Å²) in [7, 11) is 1.51. The van der Waals surface area contributed by atoms with E-state index in [2.05, 4.69) is 63.3 Å². The molecule has 1 aromatic carbocycles. The van der Waals surface area contributed by atoms with Crippen LogP contribution in [0.3, 0.4) is 0 Å². The number of aromatic hydroxyl groups is 1. The molecule has 152 valence electrons. The zero-order valence-corrected chi connectivity index (χ0v) is 20.1. The molecule has 0 aliphatic carbocycles. The third-order valence-electron chi connectivity index (χ3n) is 3.55. The second kappa shape index (κ2) is 10.7. The Labute approximate surface area is 192 Å². The van der Waals surface area contributed by atoms with Crippen molar-refractivity contribution in [3.63, 3.8) is 0 Å². The highest BCUT2D eigenvalue weighted by Crippen LogP contribution is 2.33. The average molecular weight is 591 g/mol. The topological polar surface area (TPSA) is 117 Å². The van der Waals surface area contributed by atoms with Crippen LogP contribution in [0.4, 0.5) is 0 Å². The normalized spacial score (nSPS) is 10.8. The number of ether oxygens (including phenoxy) is 2. The minimum absolute atomic E-state index is 0.0470. The van der Waals surface area contributed by atoms with Crippen molar-refractivity contribution in [2.75, 3.05) is 13.7 Å². The number of halogens is 3. The van der Waals surface area contributed by atoms with Crippen LogP contribution in [0, 0.1) is 18.3 Å². The number of hydrogen-bond donors (Lipinski definition) is 2. The Morgan fingerprint density at radius 2 is 2.03 bits per heavy atom. The van der Waals surface area contributed by atoms with E-state index >= 15 is 0 Å². The van der Waals surface area contributed by atoms with Gasteiger partial charge in [-0.3, -0.25) is 4.79 Å². The molecule has 0 fully saturated rings. The summed E-state index contributed by atoms with van der Waals surface area (Å²) < 4.78 is 12.2. The lowest BCUT2D eigenvalue weighted by Crippen LogP contribution is -2.25. The number of phenolic OH excluding ortho intramolecular Hbond substituents is 1. The number of rotatable bonds is 7. The van der Waals surface area contributed by atoms with Crippen molar-refractivity contribution in [2.24, 2.45) is 5.10 Å². The van der Waals surface area contributed by atoms with Gasteiger partial charge in [0.25, 0.3) is 5.91 Å². The summed E-state index contributed by atoms with van der Waals surface area (Å²) in [6, 6.07) is 5.30. The fourth-order valence-corrected chi connectivity index (χ4v) is 3.84. The van der Waals surface area contributed by atoms with Gasteiger partial charge in [0.05, 0.1) is 27.5 Å². The molecule has 0 bridgehead atoms. The number of nitrogens with zero attached hydrogens (tertiary/aromatic N) is 3. The van der Waals surface area contributed by atoms with Crippen LogP contribution in [0.5, 0.6) is 11.6 Å². The van der Waals surface area contributed by atoms with E-state index in [-0.39, 0.29) is 30.4 Å². The molecule has 0 saturated heterocycles. The van der Waals surface area contributed by atoms with Gasteiger partial charge in [-0.05, 0) is 72.4 Å². The fourth-order valence-electron chi connectivity index (χ4n) is 2.22. The molecule has 0 spiro atoms. The Kier molecular flexibility index (Phi) is 8.58. The minimum atomic E-state index is -0.530. The van der Waals surface area contributed by atoms with Crippen molar-refractivity contribution in [1.82, 2.24) is 10.4 Å². The first-order valence-corrected chi connectivity index (χ1v) is 10.4. The van der Waals surface area contributed by atoms with Crippen molar-refractivity contribution >= 4 is 59.9 Å². The molecular formula is C18H15Br3N4O4. The molecule has 29 heavy (non-hydrogen) atoms. The van der Waals surface area contributed by atoms with Crippen LogP contribution in [-0.4, -0.2) is 35.9 Å². The van der Waals surface area contributed by atoms with E-state index in [9.17, 15) is 15.2 Å². The lowest BCUT2D eigenvalue weighted by Gasteiger charge is -2.13. The van der Waals surface area contributed by atoms with Gasteiger partial charge in [-0.25, -0.2) is 10.4 Å². The molecule has 2 aromatic rings. The first-order valence-electron chi connectivity index (χ1n) is 7.99. The van der Waals surface area contributed by atoms with E-state index in [1.165, 1.54) is 13.3 Å². The first-order chi connectivity index (χ1) is 13.8.